The standard InChI is InChI=1S/C11H6BrIN4O/c12-7-2-1-6(4-14)8(3-7)17-10-9(13)11(18)16-5-15-10/h1-3,5H,(H2,15,16,17,18). The third kappa shape index (κ3) is 2.70. The molecule has 1 aromatic heterocycles. The van der Waals surface area contributed by atoms with Gasteiger partial charge < -0.3 is 10.3 Å². The number of halogens is 2. The number of hydrogen-bond acceptors (Lipinski definition) is 4. The Morgan fingerprint density at radius 2 is 2.28 bits per heavy atom. The van der Waals surface area contributed by atoms with Crippen molar-refractivity contribution in [3.63, 3.8) is 0 Å². The zero-order valence-electron chi connectivity index (χ0n) is 8.87. The predicted molar refractivity (Wildman–Crippen MR) is 79.7 cm³/mol. The second-order valence-corrected chi connectivity index (χ2v) is 5.32. The van der Waals surface area contributed by atoms with Gasteiger partial charge in [-0.2, -0.15) is 5.26 Å². The zero-order chi connectivity index (χ0) is 13.1. The van der Waals surface area contributed by atoms with Gasteiger partial charge in [0.05, 0.1) is 17.6 Å². The van der Waals surface area contributed by atoms with Gasteiger partial charge >= 0.3 is 0 Å². The molecule has 2 N–H and O–H groups in total. The highest BCUT2D eigenvalue weighted by atomic mass is 127. The number of anilines is 2. The number of benzene rings is 1. The van der Waals surface area contributed by atoms with Crippen LogP contribution in [0.5, 0.6) is 0 Å². The quantitative estimate of drug-likeness (QED) is 0.737. The molecule has 2 rings (SSSR count). The third-order valence-corrected chi connectivity index (χ3v) is 3.65. The molecule has 0 radical (unpaired) electrons. The second kappa shape index (κ2) is 5.49. The SMILES string of the molecule is N#Cc1ccc(Br)cc1Nc1nc[nH]c(=O)c1I. The highest BCUT2D eigenvalue weighted by molar-refractivity contribution is 14.1. The number of aromatic amines is 1. The highest BCUT2D eigenvalue weighted by Gasteiger charge is 2.08. The van der Waals surface area contributed by atoms with Crippen LogP contribution >= 0.6 is 38.5 Å². The van der Waals surface area contributed by atoms with E-state index in [9.17, 15) is 4.79 Å². The monoisotopic (exact) mass is 416 g/mol. The van der Waals surface area contributed by atoms with E-state index in [1.807, 2.05) is 22.6 Å². The van der Waals surface area contributed by atoms with Crippen LogP contribution in [0, 0.1) is 14.9 Å². The van der Waals surface area contributed by atoms with Crippen molar-refractivity contribution in [3.05, 3.63) is 48.5 Å². The minimum absolute atomic E-state index is 0.221. The molecule has 0 fully saturated rings. The van der Waals surface area contributed by atoms with Crippen molar-refractivity contribution in [2.75, 3.05) is 5.32 Å². The van der Waals surface area contributed by atoms with Crippen LogP contribution in [0.25, 0.3) is 0 Å². The van der Waals surface area contributed by atoms with Crippen LogP contribution in [0.4, 0.5) is 11.5 Å². The molecule has 0 spiro atoms. The van der Waals surface area contributed by atoms with Crippen LogP contribution in [0.2, 0.25) is 0 Å². The molecule has 0 aliphatic carbocycles. The molecule has 1 aromatic carbocycles. The molecule has 2 aromatic rings. The molecular formula is C11H6BrIN4O. The number of H-pyrrole nitrogens is 1. The second-order valence-electron chi connectivity index (χ2n) is 3.32. The first kappa shape index (κ1) is 13.0. The Balaban J connectivity index is 2.46. The summed E-state index contributed by atoms with van der Waals surface area (Å²) in [4.78, 5) is 18.0. The Hall–Kier alpha value is -1.40. The maximum absolute atomic E-state index is 11.4. The van der Waals surface area contributed by atoms with E-state index in [1.54, 1.807) is 18.2 Å². The summed E-state index contributed by atoms with van der Waals surface area (Å²) in [7, 11) is 0. The minimum atomic E-state index is -0.221. The summed E-state index contributed by atoms with van der Waals surface area (Å²) in [6, 6.07) is 7.30. The van der Waals surface area contributed by atoms with Crippen molar-refractivity contribution >= 4 is 50.0 Å². The molecule has 7 heteroatoms. The lowest BCUT2D eigenvalue weighted by Gasteiger charge is -2.08. The van der Waals surface area contributed by atoms with Crippen LogP contribution in [0.15, 0.2) is 33.8 Å². The first-order valence-corrected chi connectivity index (χ1v) is 6.69. The molecule has 5 nitrogen and oxygen atoms in total. The van der Waals surface area contributed by atoms with E-state index in [-0.39, 0.29) is 5.56 Å². The van der Waals surface area contributed by atoms with Gasteiger partial charge in [-0.05, 0) is 40.8 Å². The van der Waals surface area contributed by atoms with E-state index in [2.05, 4.69) is 37.3 Å². The van der Waals surface area contributed by atoms with Gasteiger partial charge in [0.15, 0.2) is 5.82 Å². The summed E-state index contributed by atoms with van der Waals surface area (Å²) in [5.74, 6) is 0.425. The number of nitriles is 1. The van der Waals surface area contributed by atoms with Crippen molar-refractivity contribution in [1.29, 1.82) is 5.26 Å². The molecule has 0 saturated carbocycles. The lowest BCUT2D eigenvalue weighted by Crippen LogP contribution is -2.13. The molecule has 0 saturated heterocycles. The minimum Gasteiger partial charge on any atom is -0.338 e. The van der Waals surface area contributed by atoms with Crippen LogP contribution in [0.3, 0.4) is 0 Å². The van der Waals surface area contributed by atoms with Crippen LogP contribution < -0.4 is 10.9 Å². The van der Waals surface area contributed by atoms with Gasteiger partial charge in [-0.3, -0.25) is 4.79 Å². The summed E-state index contributed by atoms with van der Waals surface area (Å²) < 4.78 is 1.28. The average molecular weight is 417 g/mol. The fourth-order valence-electron chi connectivity index (χ4n) is 1.32. The first-order chi connectivity index (χ1) is 8.61. The largest absolute Gasteiger partial charge is 0.338 e. The Morgan fingerprint density at radius 3 is 3.00 bits per heavy atom. The summed E-state index contributed by atoms with van der Waals surface area (Å²) in [6.45, 7) is 0. The molecule has 1 heterocycles. The molecule has 0 atom stereocenters. The number of nitrogens with zero attached hydrogens (tertiary/aromatic N) is 2. The van der Waals surface area contributed by atoms with E-state index >= 15 is 0 Å². The Kier molecular flexibility index (Phi) is 3.98. The normalized spacial score (nSPS) is 9.83. The van der Waals surface area contributed by atoms with Gasteiger partial charge in [0.1, 0.15) is 9.64 Å². The van der Waals surface area contributed by atoms with E-state index in [1.165, 1.54) is 6.33 Å². The zero-order valence-corrected chi connectivity index (χ0v) is 12.6. The van der Waals surface area contributed by atoms with Crippen molar-refractivity contribution < 1.29 is 0 Å². The van der Waals surface area contributed by atoms with Crippen molar-refractivity contribution in [1.82, 2.24) is 9.97 Å². The summed E-state index contributed by atoms with van der Waals surface area (Å²) >= 11 is 5.23. The maximum atomic E-state index is 11.4. The molecular weight excluding hydrogens is 411 g/mol. The number of aromatic nitrogens is 2. The van der Waals surface area contributed by atoms with Crippen molar-refractivity contribution in [3.8, 4) is 6.07 Å². The Labute approximate surface area is 125 Å². The van der Waals surface area contributed by atoms with Crippen LogP contribution in [0.1, 0.15) is 5.56 Å². The van der Waals surface area contributed by atoms with Gasteiger partial charge in [0, 0.05) is 4.47 Å². The van der Waals surface area contributed by atoms with E-state index in [0.717, 1.165) is 4.47 Å². The fraction of sp³-hybridized carbons (Fsp3) is 0. The molecule has 0 aliphatic rings. The van der Waals surface area contributed by atoms with E-state index in [4.69, 9.17) is 5.26 Å². The third-order valence-electron chi connectivity index (χ3n) is 2.15. The Morgan fingerprint density at radius 1 is 1.50 bits per heavy atom. The first-order valence-electron chi connectivity index (χ1n) is 4.81. The van der Waals surface area contributed by atoms with Crippen LogP contribution in [-0.4, -0.2) is 9.97 Å². The summed E-state index contributed by atoms with van der Waals surface area (Å²) in [6.07, 6.45) is 1.32. The predicted octanol–water partition coefficient (Wildman–Crippen LogP) is 2.75. The maximum Gasteiger partial charge on any atom is 0.266 e. The molecule has 0 bridgehead atoms. The van der Waals surface area contributed by atoms with Gasteiger partial charge in [-0.25, -0.2) is 4.98 Å². The van der Waals surface area contributed by atoms with Gasteiger partial charge in [-0.1, -0.05) is 15.9 Å². The molecule has 0 amide bonds. The lowest BCUT2D eigenvalue weighted by molar-refractivity contribution is 1.10. The fourth-order valence-corrected chi connectivity index (χ4v) is 2.11. The Bertz CT molecular complexity index is 692. The van der Waals surface area contributed by atoms with Crippen molar-refractivity contribution in [2.24, 2.45) is 0 Å². The molecule has 90 valence electrons. The van der Waals surface area contributed by atoms with Gasteiger partial charge in [0.25, 0.3) is 5.56 Å². The van der Waals surface area contributed by atoms with E-state index in [0.29, 0.717) is 20.6 Å². The molecule has 0 unspecified atom stereocenters. The van der Waals surface area contributed by atoms with Crippen LogP contribution in [-0.2, 0) is 0 Å². The summed E-state index contributed by atoms with van der Waals surface area (Å²) in [5.41, 5.74) is 0.862. The number of nitrogens with one attached hydrogen (secondary N) is 2. The highest BCUT2D eigenvalue weighted by Crippen LogP contribution is 2.24. The van der Waals surface area contributed by atoms with Gasteiger partial charge in [0.2, 0.25) is 0 Å². The molecule has 18 heavy (non-hydrogen) atoms. The topological polar surface area (TPSA) is 81.6 Å². The summed E-state index contributed by atoms with van der Waals surface area (Å²) in [5, 5.41) is 12.0. The van der Waals surface area contributed by atoms with Crippen molar-refractivity contribution in [2.45, 2.75) is 0 Å². The number of hydrogen-bond donors (Lipinski definition) is 2. The average Bonchev–Trinajstić information content (AvgIpc) is 2.35. The smallest absolute Gasteiger partial charge is 0.266 e. The number of rotatable bonds is 2. The lowest BCUT2D eigenvalue weighted by atomic mass is 10.2. The van der Waals surface area contributed by atoms with E-state index < -0.39 is 0 Å². The molecule has 0 aliphatic heterocycles. The van der Waals surface area contributed by atoms with Gasteiger partial charge in [-0.15, -0.1) is 0 Å².